The molecule has 0 aromatic heterocycles. The molecule has 0 heterocycles. The van der Waals surface area contributed by atoms with E-state index in [9.17, 15) is 0 Å². The Kier molecular flexibility index (Phi) is 8.47. The third-order valence-corrected chi connectivity index (χ3v) is 10.0. The van der Waals surface area contributed by atoms with Crippen LogP contribution in [0.3, 0.4) is 0 Å². The first-order valence-corrected chi connectivity index (χ1v) is 9.94. The van der Waals surface area contributed by atoms with Crippen LogP contribution in [-0.2, 0) is 0 Å². The zero-order valence-corrected chi connectivity index (χ0v) is 15.1. The minimum absolute atomic E-state index is 0.0157. The zero-order chi connectivity index (χ0) is 13.7. The Hall–Kier alpha value is 0.820. The molecule has 0 aromatic rings. The maximum Gasteiger partial charge on any atom is 0.00337 e. The molecule has 0 aliphatic heterocycles. The molecule has 0 atom stereocenters. The van der Waals surface area contributed by atoms with E-state index in [1.165, 1.54) is 6.54 Å². The van der Waals surface area contributed by atoms with Crippen LogP contribution >= 0.6 is 16.1 Å². The van der Waals surface area contributed by atoms with E-state index in [1.54, 1.807) is 0 Å². The molecule has 0 radical (unpaired) electrons. The van der Waals surface area contributed by atoms with Gasteiger partial charge in [0.05, 0.1) is 0 Å². The Morgan fingerprint density at radius 3 is 1.00 bits per heavy atom. The largest absolute Gasteiger partial charge is 0.259 e. The van der Waals surface area contributed by atoms with E-state index in [2.05, 4.69) is 66.8 Å². The lowest BCUT2D eigenvalue weighted by atomic mass is 10.5. The Bertz CT molecular complexity index is 166. The predicted octanol–water partition coefficient (Wildman–Crippen LogP) is 5.74. The minimum atomic E-state index is 0.0157. The van der Waals surface area contributed by atoms with Crippen LogP contribution in [0.5, 0.6) is 0 Å². The molecule has 0 aromatic carbocycles. The average Bonchev–Trinajstić information content (AvgIpc) is 2.13. The van der Waals surface area contributed by atoms with Gasteiger partial charge in [0.1, 0.15) is 0 Å². The predicted molar refractivity (Wildman–Crippen MR) is 86.8 cm³/mol. The first kappa shape index (κ1) is 17.8. The first-order valence-electron chi connectivity index (χ1n) is 7.07. The standard InChI is InChI=1S/C14H33NP2/c1-10-15(16(11(2)3)12(4)5)17(13(6)7)14(8)9/h11-14H,10H2,1-9H3. The molecule has 17 heavy (non-hydrogen) atoms. The van der Waals surface area contributed by atoms with Gasteiger partial charge in [-0.15, -0.1) is 0 Å². The Labute approximate surface area is 112 Å². The second-order valence-electron chi connectivity index (χ2n) is 5.82. The van der Waals surface area contributed by atoms with E-state index >= 15 is 0 Å². The van der Waals surface area contributed by atoms with Crippen LogP contribution in [0.1, 0.15) is 62.3 Å². The lowest BCUT2D eigenvalue weighted by molar-refractivity contribution is 0.690. The van der Waals surface area contributed by atoms with Crippen molar-refractivity contribution < 1.29 is 0 Å². The highest BCUT2D eigenvalue weighted by Gasteiger charge is 2.32. The van der Waals surface area contributed by atoms with Crippen molar-refractivity contribution in [2.75, 3.05) is 6.54 Å². The summed E-state index contributed by atoms with van der Waals surface area (Å²) in [5, 5.41) is 0. The maximum absolute atomic E-state index is 2.88. The summed E-state index contributed by atoms with van der Waals surface area (Å²) in [4.78, 5) is 0. The smallest absolute Gasteiger partial charge is 0.00337 e. The number of nitrogens with zero attached hydrogens (tertiary/aromatic N) is 1. The molecule has 0 saturated heterocycles. The topological polar surface area (TPSA) is 3.24 Å². The van der Waals surface area contributed by atoms with Crippen molar-refractivity contribution in [3.05, 3.63) is 0 Å². The van der Waals surface area contributed by atoms with Crippen molar-refractivity contribution in [2.24, 2.45) is 0 Å². The number of hydrogen-bond acceptors (Lipinski definition) is 1. The lowest BCUT2D eigenvalue weighted by Crippen LogP contribution is -2.26. The van der Waals surface area contributed by atoms with Gasteiger partial charge >= 0.3 is 0 Å². The summed E-state index contributed by atoms with van der Waals surface area (Å²) < 4.78 is 2.88. The Balaban J connectivity index is 5.11. The fourth-order valence-electron chi connectivity index (χ4n) is 2.70. The third kappa shape index (κ3) is 5.14. The second-order valence-corrected chi connectivity index (χ2v) is 12.8. The summed E-state index contributed by atoms with van der Waals surface area (Å²) >= 11 is 0. The molecule has 3 heteroatoms. The van der Waals surface area contributed by atoms with E-state index in [-0.39, 0.29) is 16.1 Å². The van der Waals surface area contributed by atoms with Crippen LogP contribution in [0.15, 0.2) is 0 Å². The number of hydrogen-bond donors (Lipinski definition) is 0. The van der Waals surface area contributed by atoms with Crippen molar-refractivity contribution in [1.82, 2.24) is 4.44 Å². The fourth-order valence-corrected chi connectivity index (χ4v) is 11.3. The van der Waals surface area contributed by atoms with Crippen LogP contribution in [0, 0.1) is 0 Å². The molecule has 0 aliphatic carbocycles. The van der Waals surface area contributed by atoms with E-state index in [4.69, 9.17) is 0 Å². The van der Waals surface area contributed by atoms with Gasteiger partial charge in [0.2, 0.25) is 0 Å². The van der Waals surface area contributed by atoms with Gasteiger partial charge in [-0.1, -0.05) is 62.3 Å². The Morgan fingerprint density at radius 1 is 0.647 bits per heavy atom. The summed E-state index contributed by atoms with van der Waals surface area (Å²) in [6.45, 7) is 22.8. The SMILES string of the molecule is CCN(P(C(C)C)C(C)C)P(C(C)C)C(C)C. The van der Waals surface area contributed by atoms with E-state index in [0.29, 0.717) is 0 Å². The van der Waals surface area contributed by atoms with Crippen LogP contribution in [-0.4, -0.2) is 33.6 Å². The van der Waals surface area contributed by atoms with Crippen molar-refractivity contribution in [2.45, 2.75) is 84.9 Å². The van der Waals surface area contributed by atoms with Gasteiger partial charge < -0.3 is 0 Å². The summed E-state index contributed by atoms with van der Waals surface area (Å²) in [6.07, 6.45) is 0. The summed E-state index contributed by atoms with van der Waals surface area (Å²) in [5.74, 6) is 0. The fraction of sp³-hybridized carbons (Fsp3) is 1.00. The maximum atomic E-state index is 2.88. The van der Waals surface area contributed by atoms with Gasteiger partial charge in [-0.2, -0.15) is 0 Å². The molecule has 0 amide bonds. The van der Waals surface area contributed by atoms with Crippen molar-refractivity contribution in [3.63, 3.8) is 0 Å². The molecule has 0 aliphatic rings. The highest BCUT2D eigenvalue weighted by Crippen LogP contribution is 2.64. The molecule has 0 fully saturated rings. The van der Waals surface area contributed by atoms with E-state index < -0.39 is 0 Å². The minimum Gasteiger partial charge on any atom is -0.259 e. The van der Waals surface area contributed by atoms with Crippen molar-refractivity contribution in [1.29, 1.82) is 0 Å². The average molecular weight is 277 g/mol. The second kappa shape index (κ2) is 8.08. The molecule has 0 N–H and O–H groups in total. The molecular formula is C14H33NP2. The van der Waals surface area contributed by atoms with Crippen LogP contribution in [0.4, 0.5) is 0 Å². The third-order valence-electron chi connectivity index (χ3n) is 2.93. The van der Waals surface area contributed by atoms with Gasteiger partial charge in [0.15, 0.2) is 0 Å². The van der Waals surface area contributed by atoms with Crippen molar-refractivity contribution in [3.8, 4) is 0 Å². The van der Waals surface area contributed by atoms with Gasteiger partial charge in [-0.3, -0.25) is 4.44 Å². The number of rotatable bonds is 7. The summed E-state index contributed by atoms with van der Waals surface area (Å²) in [6, 6.07) is 0. The van der Waals surface area contributed by atoms with E-state index in [0.717, 1.165) is 22.6 Å². The molecule has 104 valence electrons. The lowest BCUT2D eigenvalue weighted by Gasteiger charge is -2.45. The molecule has 0 rings (SSSR count). The molecule has 0 bridgehead atoms. The first-order chi connectivity index (χ1) is 7.73. The molecule has 1 nitrogen and oxygen atoms in total. The van der Waals surface area contributed by atoms with Gasteiger partial charge in [-0.05, 0) is 38.8 Å². The van der Waals surface area contributed by atoms with Gasteiger partial charge in [-0.25, -0.2) is 0 Å². The highest BCUT2D eigenvalue weighted by molar-refractivity contribution is 7.71. The summed E-state index contributed by atoms with van der Waals surface area (Å²) in [7, 11) is 0.0314. The summed E-state index contributed by atoms with van der Waals surface area (Å²) in [5.41, 5.74) is 3.25. The molecular weight excluding hydrogens is 244 g/mol. The molecule has 0 saturated carbocycles. The molecule has 0 spiro atoms. The van der Waals surface area contributed by atoms with Crippen LogP contribution < -0.4 is 0 Å². The Morgan fingerprint density at radius 2 is 0.882 bits per heavy atom. The van der Waals surface area contributed by atoms with Crippen molar-refractivity contribution >= 4 is 16.1 Å². The van der Waals surface area contributed by atoms with Crippen LogP contribution in [0.2, 0.25) is 0 Å². The zero-order valence-electron chi connectivity index (χ0n) is 13.4. The van der Waals surface area contributed by atoms with Crippen LogP contribution in [0.25, 0.3) is 0 Å². The quantitative estimate of drug-likeness (QED) is 0.537. The molecule has 0 unspecified atom stereocenters. The normalized spacial score (nSPS) is 13.4. The van der Waals surface area contributed by atoms with E-state index in [1.807, 2.05) is 0 Å². The monoisotopic (exact) mass is 277 g/mol. The van der Waals surface area contributed by atoms with Gasteiger partial charge in [0, 0.05) is 6.54 Å². The highest BCUT2D eigenvalue weighted by atomic mass is 31.2. The van der Waals surface area contributed by atoms with Gasteiger partial charge in [0.25, 0.3) is 0 Å².